The molecule has 1 nitrogen and oxygen atoms in total. The van der Waals surface area contributed by atoms with Gasteiger partial charge in [0.1, 0.15) is 5.82 Å². The van der Waals surface area contributed by atoms with E-state index in [0.717, 1.165) is 0 Å². The summed E-state index contributed by atoms with van der Waals surface area (Å²) in [4.78, 5) is 3.30. The van der Waals surface area contributed by atoms with Crippen molar-refractivity contribution in [2.45, 2.75) is 13.0 Å². The van der Waals surface area contributed by atoms with Crippen LogP contribution in [0.5, 0.6) is 0 Å². The molecule has 0 saturated carbocycles. The molecule has 1 unspecified atom stereocenters. The molecule has 1 rings (SSSR count). The molecule has 0 aliphatic heterocycles. The summed E-state index contributed by atoms with van der Waals surface area (Å²) < 4.78 is 13.4. The van der Waals surface area contributed by atoms with Gasteiger partial charge >= 0.3 is 0 Å². The van der Waals surface area contributed by atoms with E-state index in [0.29, 0.717) is 10.0 Å². The Kier molecular flexibility index (Phi) is 2.83. The Balaban J connectivity index is 3.06. The fourth-order valence-electron chi connectivity index (χ4n) is 0.847. The fraction of sp³-hybridized carbons (Fsp3) is 0.222. The molecule has 0 amide bonds. The molecule has 62 valence electrons. The Labute approximate surface area is 79.2 Å². The second-order valence-electron chi connectivity index (χ2n) is 2.48. The van der Waals surface area contributed by atoms with Gasteiger partial charge in [-0.1, -0.05) is 0 Å². The second-order valence-corrected chi connectivity index (χ2v) is 3.33. The summed E-state index contributed by atoms with van der Waals surface area (Å²) in [7, 11) is 0. The molecule has 0 saturated heterocycles. The van der Waals surface area contributed by atoms with Gasteiger partial charge < -0.3 is 4.85 Å². The molecule has 0 aromatic heterocycles. The summed E-state index contributed by atoms with van der Waals surface area (Å²) >= 11 is 3.05. The molecule has 0 aliphatic rings. The lowest BCUT2D eigenvalue weighted by molar-refractivity contribution is 0.618. The molecule has 0 spiro atoms. The minimum absolute atomic E-state index is 0.271. The molecule has 0 aliphatic carbocycles. The zero-order chi connectivity index (χ0) is 9.14. The van der Waals surface area contributed by atoms with Crippen LogP contribution in [0.1, 0.15) is 18.5 Å². The zero-order valence-electron chi connectivity index (χ0n) is 6.51. The Bertz CT molecular complexity index is 330. The van der Waals surface area contributed by atoms with Crippen LogP contribution in [-0.4, -0.2) is 0 Å². The summed E-state index contributed by atoms with van der Waals surface area (Å²) in [6.07, 6.45) is 0. The number of hydrogen-bond acceptors (Lipinski definition) is 0. The highest BCUT2D eigenvalue weighted by atomic mass is 79.9. The minimum atomic E-state index is -0.317. The summed E-state index contributed by atoms with van der Waals surface area (Å²) in [5.41, 5.74) is 0.714. The van der Waals surface area contributed by atoms with Gasteiger partial charge in [0.2, 0.25) is 6.04 Å². The molecule has 1 atom stereocenters. The topological polar surface area (TPSA) is 4.36 Å². The normalized spacial score (nSPS) is 12.2. The van der Waals surface area contributed by atoms with Crippen molar-refractivity contribution in [2.24, 2.45) is 0 Å². The third-order valence-electron chi connectivity index (χ3n) is 1.62. The monoisotopic (exact) mass is 227 g/mol. The van der Waals surface area contributed by atoms with Crippen LogP contribution in [0.3, 0.4) is 0 Å². The van der Waals surface area contributed by atoms with E-state index in [1.54, 1.807) is 19.1 Å². The standard InChI is InChI=1S/C9H7BrFN/c1-6(12-2)7-3-4-8(10)9(11)5-7/h3-6H,1H3. The second kappa shape index (κ2) is 3.68. The summed E-state index contributed by atoms with van der Waals surface area (Å²) in [6.45, 7) is 8.51. The molecule has 0 heterocycles. The zero-order valence-corrected chi connectivity index (χ0v) is 8.10. The lowest BCUT2D eigenvalue weighted by Crippen LogP contribution is -1.88. The molecular formula is C9H7BrFN. The lowest BCUT2D eigenvalue weighted by atomic mass is 10.1. The van der Waals surface area contributed by atoms with Crippen LogP contribution in [-0.2, 0) is 0 Å². The van der Waals surface area contributed by atoms with Crippen molar-refractivity contribution in [1.82, 2.24) is 0 Å². The molecule has 0 radical (unpaired) electrons. The summed E-state index contributed by atoms with van der Waals surface area (Å²) in [6, 6.07) is 4.47. The Hall–Kier alpha value is -0.880. The number of nitrogens with zero attached hydrogens (tertiary/aromatic N) is 1. The minimum Gasteiger partial charge on any atom is -0.309 e. The van der Waals surface area contributed by atoms with Gasteiger partial charge in [-0.3, -0.25) is 0 Å². The molecule has 1 aromatic carbocycles. The van der Waals surface area contributed by atoms with Gasteiger partial charge in [0.15, 0.2) is 0 Å². The number of halogens is 2. The molecule has 1 aromatic rings. The first-order valence-electron chi connectivity index (χ1n) is 3.46. The van der Waals surface area contributed by atoms with Gasteiger partial charge in [-0.2, -0.15) is 0 Å². The van der Waals surface area contributed by atoms with Gasteiger partial charge in [0, 0.05) is 12.5 Å². The van der Waals surface area contributed by atoms with Crippen LogP contribution in [0.15, 0.2) is 22.7 Å². The Morgan fingerprint density at radius 3 is 2.75 bits per heavy atom. The van der Waals surface area contributed by atoms with Gasteiger partial charge in [-0.05, 0) is 34.1 Å². The van der Waals surface area contributed by atoms with Crippen LogP contribution >= 0.6 is 15.9 Å². The predicted octanol–water partition coefficient (Wildman–Crippen LogP) is 3.57. The van der Waals surface area contributed by atoms with Crippen LogP contribution in [0.25, 0.3) is 4.85 Å². The van der Waals surface area contributed by atoms with Gasteiger partial charge in [-0.25, -0.2) is 11.0 Å². The van der Waals surface area contributed by atoms with Crippen LogP contribution in [0.4, 0.5) is 4.39 Å². The molecule has 0 N–H and O–H groups in total. The maximum Gasteiger partial charge on any atom is 0.246 e. The van der Waals surface area contributed by atoms with Crippen molar-refractivity contribution >= 4 is 15.9 Å². The van der Waals surface area contributed by atoms with Crippen molar-refractivity contribution in [1.29, 1.82) is 0 Å². The van der Waals surface area contributed by atoms with E-state index in [1.807, 2.05) is 0 Å². The highest BCUT2D eigenvalue weighted by Crippen LogP contribution is 2.22. The van der Waals surface area contributed by atoms with E-state index >= 15 is 0 Å². The lowest BCUT2D eigenvalue weighted by Gasteiger charge is -2.00. The Morgan fingerprint density at radius 2 is 2.25 bits per heavy atom. The van der Waals surface area contributed by atoms with Crippen molar-refractivity contribution in [3.8, 4) is 0 Å². The smallest absolute Gasteiger partial charge is 0.246 e. The molecular weight excluding hydrogens is 221 g/mol. The number of benzene rings is 1. The average Bonchev–Trinajstić information content (AvgIpc) is 2.08. The maximum atomic E-state index is 12.9. The van der Waals surface area contributed by atoms with E-state index in [9.17, 15) is 4.39 Å². The highest BCUT2D eigenvalue weighted by Gasteiger charge is 2.10. The SMILES string of the molecule is [C-]#[N+]C(C)c1ccc(Br)c(F)c1. The van der Waals surface area contributed by atoms with Gasteiger partial charge in [0.05, 0.1) is 4.47 Å². The first-order valence-corrected chi connectivity index (χ1v) is 4.26. The molecule has 0 fully saturated rings. The van der Waals surface area contributed by atoms with E-state index in [4.69, 9.17) is 6.57 Å². The highest BCUT2D eigenvalue weighted by molar-refractivity contribution is 9.10. The Morgan fingerprint density at radius 1 is 1.58 bits per heavy atom. The first kappa shape index (κ1) is 9.21. The van der Waals surface area contributed by atoms with Crippen molar-refractivity contribution in [2.75, 3.05) is 0 Å². The quantitative estimate of drug-likeness (QED) is 0.647. The van der Waals surface area contributed by atoms with Crippen molar-refractivity contribution in [3.05, 3.63) is 45.5 Å². The van der Waals surface area contributed by atoms with Crippen molar-refractivity contribution < 1.29 is 4.39 Å². The maximum absolute atomic E-state index is 12.9. The van der Waals surface area contributed by atoms with Crippen LogP contribution in [0, 0.1) is 12.4 Å². The van der Waals surface area contributed by atoms with Crippen molar-refractivity contribution in [3.63, 3.8) is 0 Å². The largest absolute Gasteiger partial charge is 0.309 e. The molecule has 12 heavy (non-hydrogen) atoms. The number of rotatable bonds is 1. The molecule has 0 bridgehead atoms. The third kappa shape index (κ3) is 1.83. The summed E-state index contributed by atoms with van der Waals surface area (Å²) in [5, 5.41) is 0. The number of hydrogen-bond donors (Lipinski definition) is 0. The van der Waals surface area contributed by atoms with Crippen LogP contribution < -0.4 is 0 Å². The van der Waals surface area contributed by atoms with E-state index in [2.05, 4.69) is 20.8 Å². The van der Waals surface area contributed by atoms with Gasteiger partial charge in [-0.15, -0.1) is 0 Å². The fourth-order valence-corrected chi connectivity index (χ4v) is 1.09. The summed E-state index contributed by atoms with van der Waals surface area (Å²) in [5.74, 6) is -0.317. The third-order valence-corrected chi connectivity index (χ3v) is 2.26. The van der Waals surface area contributed by atoms with E-state index in [1.165, 1.54) is 6.07 Å². The van der Waals surface area contributed by atoms with E-state index < -0.39 is 0 Å². The van der Waals surface area contributed by atoms with Crippen LogP contribution in [0.2, 0.25) is 0 Å². The molecule has 3 heteroatoms. The average molecular weight is 228 g/mol. The van der Waals surface area contributed by atoms with Gasteiger partial charge in [0.25, 0.3) is 0 Å². The predicted molar refractivity (Wildman–Crippen MR) is 49.1 cm³/mol. The van der Waals surface area contributed by atoms with E-state index in [-0.39, 0.29) is 11.9 Å². The first-order chi connectivity index (χ1) is 5.65.